The summed E-state index contributed by atoms with van der Waals surface area (Å²) in [6, 6.07) is 0. The van der Waals surface area contributed by atoms with Crippen LogP contribution in [-0.2, 0) is 19.5 Å². The minimum Gasteiger partial charge on any atom is -0.464 e. The number of sulfonamides is 1. The topological polar surface area (TPSA) is 115 Å². The molecule has 0 amide bonds. The molecule has 1 heterocycles. The molecule has 1 aromatic heterocycles. The monoisotopic (exact) mass is 310 g/mol. The van der Waals surface area contributed by atoms with Gasteiger partial charge in [-0.3, -0.25) is 0 Å². The van der Waals surface area contributed by atoms with Crippen molar-refractivity contribution in [2.75, 3.05) is 27.4 Å². The van der Waals surface area contributed by atoms with Crippen LogP contribution in [0.25, 0.3) is 0 Å². The number of hydrogen-bond donors (Lipinski definition) is 2. The zero-order valence-corrected chi connectivity index (χ0v) is 12.0. The Morgan fingerprint density at radius 2 is 2.26 bits per heavy atom. The maximum atomic E-state index is 11.9. The Bertz CT molecular complexity index is 527. The number of methoxy groups -OCH3 is 2. The minimum absolute atomic E-state index is 0.00489. The molecule has 0 saturated carbocycles. The summed E-state index contributed by atoms with van der Waals surface area (Å²) in [5.74, 6) is -0.834. The summed E-state index contributed by atoms with van der Waals surface area (Å²) in [4.78, 5) is 15.0. The summed E-state index contributed by atoms with van der Waals surface area (Å²) >= 11 is 0.790. The van der Waals surface area contributed by atoms with Crippen LogP contribution in [0.15, 0.2) is 9.72 Å². The predicted molar refractivity (Wildman–Crippen MR) is 66.5 cm³/mol. The molecule has 1 unspecified atom stereocenters. The van der Waals surface area contributed by atoms with E-state index in [4.69, 9.17) is 0 Å². The van der Waals surface area contributed by atoms with E-state index < -0.39 is 22.1 Å². The van der Waals surface area contributed by atoms with Crippen LogP contribution < -0.4 is 4.72 Å². The number of ether oxygens (including phenoxy) is 2. The van der Waals surface area contributed by atoms with E-state index in [1.54, 1.807) is 0 Å². The Labute approximate surface area is 114 Å². The minimum atomic E-state index is -3.93. The molecule has 0 aliphatic carbocycles. The first kappa shape index (κ1) is 16.0. The third kappa shape index (κ3) is 4.21. The quantitative estimate of drug-likeness (QED) is 0.634. The number of nitrogens with one attached hydrogen (secondary N) is 1. The number of rotatable bonds is 7. The van der Waals surface area contributed by atoms with Gasteiger partial charge in [-0.1, -0.05) is 0 Å². The second kappa shape index (κ2) is 6.91. The van der Waals surface area contributed by atoms with Crippen molar-refractivity contribution in [1.82, 2.24) is 9.71 Å². The van der Waals surface area contributed by atoms with Crippen LogP contribution >= 0.6 is 11.3 Å². The molecule has 0 saturated heterocycles. The maximum Gasteiger partial charge on any atom is 0.358 e. The predicted octanol–water partition coefficient (Wildman–Crippen LogP) is -0.785. The Morgan fingerprint density at radius 1 is 1.58 bits per heavy atom. The van der Waals surface area contributed by atoms with Crippen molar-refractivity contribution in [1.29, 1.82) is 0 Å². The van der Waals surface area contributed by atoms with Gasteiger partial charge < -0.3 is 14.6 Å². The van der Waals surface area contributed by atoms with Gasteiger partial charge >= 0.3 is 5.97 Å². The molecule has 0 aliphatic heterocycles. The number of aliphatic hydroxyl groups excluding tert-OH is 1. The second-order valence-corrected chi connectivity index (χ2v) is 6.26. The average molecular weight is 310 g/mol. The zero-order valence-electron chi connectivity index (χ0n) is 10.3. The summed E-state index contributed by atoms with van der Waals surface area (Å²) in [6.07, 6.45) is -0.978. The van der Waals surface area contributed by atoms with Crippen LogP contribution in [0.3, 0.4) is 0 Å². The molecule has 1 aromatic rings. The molecule has 0 fully saturated rings. The van der Waals surface area contributed by atoms with Gasteiger partial charge in [0.25, 0.3) is 10.0 Å². The van der Waals surface area contributed by atoms with E-state index in [-0.39, 0.29) is 23.1 Å². The van der Waals surface area contributed by atoms with E-state index in [1.165, 1.54) is 12.6 Å². The van der Waals surface area contributed by atoms with Crippen molar-refractivity contribution in [3.63, 3.8) is 0 Å². The van der Waals surface area contributed by atoms with Gasteiger partial charge in [0.05, 0.1) is 25.3 Å². The number of aromatic nitrogens is 1. The highest BCUT2D eigenvalue weighted by Gasteiger charge is 2.26. The van der Waals surface area contributed by atoms with Crippen LogP contribution in [0.1, 0.15) is 10.5 Å². The second-order valence-electron chi connectivity index (χ2n) is 3.44. The normalized spacial score (nSPS) is 13.2. The number of carbonyl (C=O) groups is 1. The number of nitrogens with zero attached hydrogens (tertiary/aromatic N) is 1. The summed E-state index contributed by atoms with van der Waals surface area (Å²) in [6.45, 7) is -0.232. The van der Waals surface area contributed by atoms with Gasteiger partial charge in [-0.05, 0) is 0 Å². The Balaban J connectivity index is 2.83. The number of carbonyl (C=O) groups excluding carboxylic acids is 1. The molecular weight excluding hydrogens is 296 g/mol. The highest BCUT2D eigenvalue weighted by atomic mass is 32.2. The van der Waals surface area contributed by atoms with Gasteiger partial charge in [0.2, 0.25) is 0 Å². The molecule has 0 spiro atoms. The number of esters is 1. The molecule has 8 nitrogen and oxygen atoms in total. The van der Waals surface area contributed by atoms with E-state index in [1.807, 2.05) is 0 Å². The van der Waals surface area contributed by atoms with Crippen LogP contribution in [0.5, 0.6) is 0 Å². The summed E-state index contributed by atoms with van der Waals surface area (Å²) in [5, 5.41) is 9.38. The van der Waals surface area contributed by atoms with Crippen molar-refractivity contribution in [2.45, 2.75) is 10.3 Å². The Kier molecular flexibility index (Phi) is 5.82. The lowest BCUT2D eigenvalue weighted by Gasteiger charge is -2.10. The molecule has 108 valence electrons. The van der Waals surface area contributed by atoms with Crippen LogP contribution in [0.4, 0.5) is 0 Å². The van der Waals surface area contributed by atoms with E-state index in [2.05, 4.69) is 19.2 Å². The largest absolute Gasteiger partial charge is 0.464 e. The number of aliphatic hydroxyl groups is 1. The lowest BCUT2D eigenvalue weighted by Crippen LogP contribution is -2.34. The zero-order chi connectivity index (χ0) is 14.5. The molecule has 0 aromatic carbocycles. The van der Waals surface area contributed by atoms with E-state index in [0.29, 0.717) is 0 Å². The van der Waals surface area contributed by atoms with Crippen molar-refractivity contribution in [3.8, 4) is 0 Å². The highest BCUT2D eigenvalue weighted by Crippen LogP contribution is 2.20. The average Bonchev–Trinajstić information content (AvgIpc) is 2.86. The van der Waals surface area contributed by atoms with Crippen LogP contribution in [-0.4, -0.2) is 58.0 Å². The fourth-order valence-electron chi connectivity index (χ4n) is 1.18. The standard InChI is InChI=1S/C9H14N2O6S2/c1-16-4-6(12)3-11-19(14,15)9-7(8(13)17-2)10-5-18-9/h5-6,11-12H,3-4H2,1-2H3. The first-order valence-corrected chi connectivity index (χ1v) is 7.47. The van der Waals surface area contributed by atoms with Gasteiger partial charge in [0, 0.05) is 13.7 Å². The lowest BCUT2D eigenvalue weighted by molar-refractivity contribution is 0.0590. The van der Waals surface area contributed by atoms with Crippen molar-refractivity contribution >= 4 is 27.3 Å². The van der Waals surface area contributed by atoms with Gasteiger partial charge in [-0.25, -0.2) is 22.9 Å². The Morgan fingerprint density at radius 3 is 2.84 bits per heavy atom. The summed E-state index contributed by atoms with van der Waals surface area (Å²) in [5.41, 5.74) is 0.952. The molecule has 2 N–H and O–H groups in total. The third-order valence-corrected chi connectivity index (χ3v) is 4.82. The van der Waals surface area contributed by atoms with Crippen molar-refractivity contribution < 1.29 is 27.8 Å². The number of thiazole rings is 1. The van der Waals surface area contributed by atoms with Gasteiger partial charge in [-0.15, -0.1) is 11.3 Å². The molecule has 0 aliphatic rings. The van der Waals surface area contributed by atoms with E-state index in [9.17, 15) is 18.3 Å². The fraction of sp³-hybridized carbons (Fsp3) is 0.556. The first-order valence-electron chi connectivity index (χ1n) is 5.10. The Hall–Kier alpha value is -1.07. The lowest BCUT2D eigenvalue weighted by atomic mass is 10.4. The molecule has 0 radical (unpaired) electrons. The summed E-state index contributed by atoms with van der Waals surface area (Å²) < 4.78 is 34.9. The van der Waals surface area contributed by atoms with Gasteiger partial charge in [0.15, 0.2) is 9.90 Å². The van der Waals surface area contributed by atoms with Gasteiger partial charge in [0.1, 0.15) is 0 Å². The van der Waals surface area contributed by atoms with Crippen molar-refractivity contribution in [3.05, 3.63) is 11.2 Å². The third-order valence-electron chi connectivity index (χ3n) is 2.03. The smallest absolute Gasteiger partial charge is 0.358 e. The molecule has 1 rings (SSSR count). The maximum absolute atomic E-state index is 11.9. The van der Waals surface area contributed by atoms with E-state index >= 15 is 0 Å². The fourth-order valence-corrected chi connectivity index (χ4v) is 3.43. The molecule has 1 atom stereocenters. The number of hydrogen-bond acceptors (Lipinski definition) is 8. The molecule has 10 heteroatoms. The van der Waals surface area contributed by atoms with E-state index in [0.717, 1.165) is 18.4 Å². The van der Waals surface area contributed by atoms with Crippen LogP contribution in [0.2, 0.25) is 0 Å². The SMILES string of the molecule is COCC(O)CNS(=O)(=O)c1scnc1C(=O)OC. The van der Waals surface area contributed by atoms with Crippen molar-refractivity contribution in [2.24, 2.45) is 0 Å². The summed E-state index contributed by atoms with van der Waals surface area (Å²) in [7, 11) is -1.41. The van der Waals surface area contributed by atoms with Gasteiger partial charge in [-0.2, -0.15) is 0 Å². The molecule has 19 heavy (non-hydrogen) atoms. The highest BCUT2D eigenvalue weighted by molar-refractivity contribution is 7.91. The first-order chi connectivity index (χ1) is 8.92. The molecular formula is C9H14N2O6S2. The molecule has 0 bridgehead atoms. The van der Waals surface area contributed by atoms with Crippen LogP contribution in [0, 0.1) is 0 Å².